The zero-order valence-corrected chi connectivity index (χ0v) is 22.2. The summed E-state index contributed by atoms with van der Waals surface area (Å²) in [7, 11) is 1.49. The minimum atomic E-state index is -4.66. The van der Waals surface area contributed by atoms with Crippen LogP contribution in [0.2, 0.25) is 0 Å². The molecule has 3 heterocycles. The van der Waals surface area contributed by atoms with Crippen molar-refractivity contribution in [2.75, 3.05) is 18.6 Å². The summed E-state index contributed by atoms with van der Waals surface area (Å²) in [4.78, 5) is 53.5. The number of methoxy groups -OCH3 is 1. The Kier molecular flexibility index (Phi) is 7.06. The van der Waals surface area contributed by atoms with Crippen molar-refractivity contribution in [2.24, 2.45) is 5.92 Å². The monoisotopic (exact) mass is 578 g/mol. The fourth-order valence-corrected chi connectivity index (χ4v) is 7.61. The standard InChI is InChI=1S/C26H21F3N2O6S2/c1-3-37-17(32)12-30-24-21(39-25(30)35)18(13-7-9-16(36-2)10-8-13)19-20(38-24)23(34)31(22(19)33)15-6-4-5-14(11-15)26(27,28)29/h4-11,18-20H,3,12H2,1-2H3. The van der Waals surface area contributed by atoms with Crippen LogP contribution in [0.5, 0.6) is 5.75 Å². The highest BCUT2D eigenvalue weighted by Crippen LogP contribution is 2.54. The summed E-state index contributed by atoms with van der Waals surface area (Å²) in [5.74, 6) is -3.20. The molecule has 2 amide bonds. The molecule has 2 aromatic carbocycles. The molecule has 2 aliphatic heterocycles. The third-order valence-electron chi connectivity index (χ3n) is 6.55. The Morgan fingerprint density at radius 2 is 1.77 bits per heavy atom. The quantitative estimate of drug-likeness (QED) is 0.318. The van der Waals surface area contributed by atoms with Crippen LogP contribution in [0.15, 0.2) is 58.4 Å². The number of halogens is 3. The predicted molar refractivity (Wildman–Crippen MR) is 137 cm³/mol. The zero-order chi connectivity index (χ0) is 28.1. The Balaban J connectivity index is 1.63. The lowest BCUT2D eigenvalue weighted by Crippen LogP contribution is -2.32. The van der Waals surface area contributed by atoms with Gasteiger partial charge < -0.3 is 9.47 Å². The van der Waals surface area contributed by atoms with Crippen molar-refractivity contribution in [2.45, 2.75) is 35.8 Å². The number of aromatic nitrogens is 1. The van der Waals surface area contributed by atoms with Gasteiger partial charge in [0.1, 0.15) is 17.5 Å². The third kappa shape index (κ3) is 4.73. The smallest absolute Gasteiger partial charge is 0.416 e. The Hall–Kier alpha value is -3.58. The summed E-state index contributed by atoms with van der Waals surface area (Å²) in [6.45, 7) is 1.37. The van der Waals surface area contributed by atoms with Gasteiger partial charge in [-0.05, 0) is 42.8 Å². The van der Waals surface area contributed by atoms with E-state index in [-0.39, 0.29) is 18.8 Å². The number of alkyl halides is 3. The van der Waals surface area contributed by atoms with Crippen LogP contribution in [0.25, 0.3) is 0 Å². The largest absolute Gasteiger partial charge is 0.497 e. The minimum Gasteiger partial charge on any atom is -0.497 e. The number of hydrogen-bond acceptors (Lipinski definition) is 8. The van der Waals surface area contributed by atoms with Gasteiger partial charge in [-0.1, -0.05) is 41.3 Å². The molecule has 0 spiro atoms. The van der Waals surface area contributed by atoms with Gasteiger partial charge in [0.25, 0.3) is 0 Å². The van der Waals surface area contributed by atoms with Gasteiger partial charge in [0.05, 0.1) is 35.9 Å². The molecule has 5 rings (SSSR count). The number of anilines is 1. The van der Waals surface area contributed by atoms with Crippen LogP contribution in [0.1, 0.15) is 28.8 Å². The van der Waals surface area contributed by atoms with E-state index in [9.17, 15) is 32.3 Å². The van der Waals surface area contributed by atoms with Crippen LogP contribution in [0.4, 0.5) is 18.9 Å². The van der Waals surface area contributed by atoms with Gasteiger partial charge in [0.15, 0.2) is 0 Å². The second kappa shape index (κ2) is 10.2. The van der Waals surface area contributed by atoms with Crippen molar-refractivity contribution in [3.63, 3.8) is 0 Å². The van der Waals surface area contributed by atoms with Crippen molar-refractivity contribution >= 4 is 46.6 Å². The molecule has 1 fully saturated rings. The second-order valence-electron chi connectivity index (χ2n) is 8.80. The van der Waals surface area contributed by atoms with Crippen molar-refractivity contribution in [1.82, 2.24) is 4.57 Å². The van der Waals surface area contributed by atoms with Gasteiger partial charge in [0, 0.05) is 10.8 Å². The molecule has 0 bridgehead atoms. The molecule has 3 atom stereocenters. The highest BCUT2D eigenvalue weighted by atomic mass is 32.2. The molecule has 1 saturated heterocycles. The molecule has 0 N–H and O–H groups in total. The van der Waals surface area contributed by atoms with E-state index in [1.165, 1.54) is 17.7 Å². The lowest BCUT2D eigenvalue weighted by molar-refractivity contribution is -0.144. The van der Waals surface area contributed by atoms with Crippen LogP contribution in [-0.4, -0.2) is 41.3 Å². The number of fused-ring (bicyclic) bond motifs is 2. The first-order valence-electron chi connectivity index (χ1n) is 11.8. The van der Waals surface area contributed by atoms with E-state index in [1.807, 2.05) is 0 Å². The number of esters is 1. The van der Waals surface area contributed by atoms with Crippen molar-refractivity contribution < 1.29 is 37.0 Å². The number of carbonyl (C=O) groups is 3. The third-order valence-corrected chi connectivity index (χ3v) is 9.15. The molecular weight excluding hydrogens is 557 g/mol. The van der Waals surface area contributed by atoms with Crippen molar-refractivity contribution in [1.29, 1.82) is 0 Å². The molecule has 0 radical (unpaired) electrons. The Labute approximate surface area is 228 Å². The molecule has 39 heavy (non-hydrogen) atoms. The number of benzene rings is 2. The summed E-state index contributed by atoms with van der Waals surface area (Å²) in [6, 6.07) is 10.8. The Morgan fingerprint density at radius 3 is 2.41 bits per heavy atom. The zero-order valence-electron chi connectivity index (χ0n) is 20.6. The molecule has 0 saturated carbocycles. The highest BCUT2D eigenvalue weighted by Gasteiger charge is 2.57. The van der Waals surface area contributed by atoms with Gasteiger partial charge in [-0.3, -0.25) is 23.7 Å². The Bertz CT molecular complexity index is 1520. The number of carbonyl (C=O) groups excluding carboxylic acids is 3. The molecular formula is C26H21F3N2O6S2. The topological polar surface area (TPSA) is 94.9 Å². The van der Waals surface area contributed by atoms with Gasteiger partial charge in [-0.25, -0.2) is 4.90 Å². The van der Waals surface area contributed by atoms with E-state index < -0.39 is 51.5 Å². The molecule has 0 aliphatic carbocycles. The Morgan fingerprint density at radius 1 is 1.05 bits per heavy atom. The van der Waals surface area contributed by atoms with Crippen LogP contribution in [0.3, 0.4) is 0 Å². The maximum Gasteiger partial charge on any atom is 0.416 e. The SMILES string of the molecule is CCOC(=O)Cn1c2c(sc1=O)C(c1ccc(OC)cc1)C1C(=O)N(c3cccc(C(F)(F)F)c3)C(=O)C1S2. The number of hydrogen-bond donors (Lipinski definition) is 0. The average Bonchev–Trinajstić information content (AvgIpc) is 3.34. The first-order valence-corrected chi connectivity index (χ1v) is 13.5. The molecule has 3 aromatic rings. The van der Waals surface area contributed by atoms with E-state index in [0.717, 1.165) is 46.2 Å². The van der Waals surface area contributed by atoms with E-state index in [2.05, 4.69) is 0 Å². The summed E-state index contributed by atoms with van der Waals surface area (Å²) in [6.07, 6.45) is -4.66. The van der Waals surface area contributed by atoms with Crippen LogP contribution >= 0.6 is 23.1 Å². The molecule has 204 valence electrons. The second-order valence-corrected chi connectivity index (χ2v) is 10.9. The summed E-state index contributed by atoms with van der Waals surface area (Å²) in [5, 5.41) is -0.679. The fourth-order valence-electron chi connectivity index (χ4n) is 4.84. The number of thioether (sulfide) groups is 1. The summed E-state index contributed by atoms with van der Waals surface area (Å²) < 4.78 is 51.6. The lowest BCUT2D eigenvalue weighted by atomic mass is 9.83. The van der Waals surface area contributed by atoms with Crippen LogP contribution in [-0.2, 0) is 31.8 Å². The number of thiazole rings is 1. The first-order chi connectivity index (χ1) is 18.5. The van der Waals surface area contributed by atoms with E-state index >= 15 is 0 Å². The van der Waals surface area contributed by atoms with E-state index in [1.54, 1.807) is 31.2 Å². The van der Waals surface area contributed by atoms with Gasteiger partial charge >= 0.3 is 17.0 Å². The molecule has 1 aromatic heterocycles. The number of ether oxygens (including phenoxy) is 2. The fraction of sp³-hybridized carbons (Fsp3) is 0.308. The maximum atomic E-state index is 13.8. The maximum absolute atomic E-state index is 13.8. The van der Waals surface area contributed by atoms with Crippen molar-refractivity contribution in [3.8, 4) is 5.75 Å². The number of amides is 2. The molecule has 2 aliphatic rings. The van der Waals surface area contributed by atoms with Crippen molar-refractivity contribution in [3.05, 3.63) is 74.2 Å². The average molecular weight is 579 g/mol. The lowest BCUT2D eigenvalue weighted by Gasteiger charge is -2.30. The molecule has 3 unspecified atom stereocenters. The van der Waals surface area contributed by atoms with E-state index in [4.69, 9.17) is 9.47 Å². The minimum absolute atomic E-state index is 0.116. The number of imide groups is 1. The summed E-state index contributed by atoms with van der Waals surface area (Å²) in [5.41, 5.74) is -0.559. The number of nitrogens with zero attached hydrogens (tertiary/aromatic N) is 2. The molecule has 8 nitrogen and oxygen atoms in total. The van der Waals surface area contributed by atoms with Gasteiger partial charge in [0.2, 0.25) is 11.8 Å². The normalized spacial score (nSPS) is 20.5. The van der Waals surface area contributed by atoms with E-state index in [0.29, 0.717) is 21.2 Å². The van der Waals surface area contributed by atoms with Gasteiger partial charge in [-0.15, -0.1) is 0 Å². The number of rotatable bonds is 6. The van der Waals surface area contributed by atoms with Crippen LogP contribution < -0.4 is 14.5 Å². The van der Waals surface area contributed by atoms with Crippen LogP contribution in [0, 0.1) is 5.92 Å². The first kappa shape index (κ1) is 27.0. The molecule has 13 heteroatoms. The highest BCUT2D eigenvalue weighted by molar-refractivity contribution is 8.00. The van der Waals surface area contributed by atoms with Gasteiger partial charge in [-0.2, -0.15) is 13.2 Å². The summed E-state index contributed by atoms with van der Waals surface area (Å²) >= 11 is 1.83. The predicted octanol–water partition coefficient (Wildman–Crippen LogP) is 4.30.